The molecule has 3 unspecified atom stereocenters. The van der Waals surface area contributed by atoms with Crippen LogP contribution in [0.25, 0.3) is 0 Å². The molecule has 7 heteroatoms. The van der Waals surface area contributed by atoms with E-state index in [1.54, 1.807) is 6.20 Å². The number of rotatable bonds is 2. The Bertz CT molecular complexity index is 476. The van der Waals surface area contributed by atoms with Crippen molar-refractivity contribution >= 4 is 28.4 Å². The maximum atomic E-state index is 11.7. The summed E-state index contributed by atoms with van der Waals surface area (Å²) >= 11 is 2.01. The Hall–Kier alpha value is -0.670. The zero-order valence-electron chi connectivity index (χ0n) is 9.08. The number of nitrogens with zero attached hydrogens (tertiary/aromatic N) is 2. The molecule has 0 saturated heterocycles. The molecule has 1 heterocycles. The SMILES string of the molecule is Nc1nc(=O)n(C2CC(O)C(CO)C2)cc1I. The number of aliphatic hydroxyl groups is 2. The lowest BCUT2D eigenvalue weighted by molar-refractivity contribution is 0.0906. The minimum atomic E-state index is -0.563. The summed E-state index contributed by atoms with van der Waals surface area (Å²) in [5.41, 5.74) is 5.14. The summed E-state index contributed by atoms with van der Waals surface area (Å²) < 4.78 is 2.21. The van der Waals surface area contributed by atoms with Gasteiger partial charge in [-0.2, -0.15) is 4.98 Å². The van der Waals surface area contributed by atoms with Crippen LogP contribution >= 0.6 is 22.6 Å². The van der Waals surface area contributed by atoms with E-state index in [2.05, 4.69) is 4.98 Å². The van der Waals surface area contributed by atoms with Gasteiger partial charge in [-0.3, -0.25) is 4.57 Å². The monoisotopic (exact) mass is 351 g/mol. The van der Waals surface area contributed by atoms with Gasteiger partial charge in [0.15, 0.2) is 0 Å². The van der Waals surface area contributed by atoms with Crippen molar-refractivity contribution in [2.45, 2.75) is 25.0 Å². The lowest BCUT2D eigenvalue weighted by Crippen LogP contribution is -2.27. The Morgan fingerprint density at radius 2 is 2.29 bits per heavy atom. The van der Waals surface area contributed by atoms with Gasteiger partial charge in [-0.15, -0.1) is 0 Å². The first-order chi connectivity index (χ1) is 8.02. The van der Waals surface area contributed by atoms with Crippen molar-refractivity contribution in [2.75, 3.05) is 12.3 Å². The maximum Gasteiger partial charge on any atom is 0.349 e. The Labute approximate surface area is 112 Å². The highest BCUT2D eigenvalue weighted by Gasteiger charge is 2.34. The average Bonchev–Trinajstić information content (AvgIpc) is 2.65. The predicted octanol–water partition coefficient (Wildman–Crippen LogP) is -0.266. The minimum absolute atomic E-state index is 0.0636. The Kier molecular flexibility index (Phi) is 3.69. The molecule has 6 nitrogen and oxygen atoms in total. The summed E-state index contributed by atoms with van der Waals surface area (Å²) in [6.45, 7) is -0.0636. The van der Waals surface area contributed by atoms with Crippen molar-refractivity contribution in [3.8, 4) is 0 Å². The van der Waals surface area contributed by atoms with Gasteiger partial charge in [0.05, 0.1) is 9.67 Å². The van der Waals surface area contributed by atoms with Gasteiger partial charge >= 0.3 is 5.69 Å². The zero-order chi connectivity index (χ0) is 12.6. The molecule has 1 fully saturated rings. The standard InChI is InChI=1S/C10H14IN3O3/c11-7-3-14(10(17)13-9(7)12)6-1-5(4-15)8(16)2-6/h3,5-6,8,15-16H,1-2,4H2,(H2,12,13,17). The second-order valence-corrected chi connectivity index (χ2v) is 5.46. The van der Waals surface area contributed by atoms with Crippen molar-refractivity contribution in [1.82, 2.24) is 9.55 Å². The molecule has 1 aromatic rings. The third-order valence-corrected chi connectivity index (χ3v) is 4.03. The second kappa shape index (κ2) is 4.91. The summed E-state index contributed by atoms with van der Waals surface area (Å²) in [5, 5.41) is 18.8. The molecule has 0 amide bonds. The number of nitrogens with two attached hydrogens (primary N) is 1. The fourth-order valence-corrected chi connectivity index (χ4v) is 2.64. The first kappa shape index (κ1) is 12.8. The van der Waals surface area contributed by atoms with Crippen molar-refractivity contribution in [1.29, 1.82) is 0 Å². The van der Waals surface area contributed by atoms with E-state index >= 15 is 0 Å². The molecule has 1 aliphatic carbocycles. The third-order valence-electron chi connectivity index (χ3n) is 3.19. The Morgan fingerprint density at radius 3 is 2.88 bits per heavy atom. The normalized spacial score (nSPS) is 28.5. The zero-order valence-corrected chi connectivity index (χ0v) is 11.2. The van der Waals surface area contributed by atoms with Crippen LogP contribution in [0.4, 0.5) is 5.82 Å². The molecule has 17 heavy (non-hydrogen) atoms. The molecule has 0 bridgehead atoms. The number of aliphatic hydroxyl groups excluding tert-OH is 2. The van der Waals surface area contributed by atoms with E-state index in [1.807, 2.05) is 22.6 Å². The van der Waals surface area contributed by atoms with Crippen LogP contribution in [0.5, 0.6) is 0 Å². The highest BCUT2D eigenvalue weighted by Crippen LogP contribution is 2.34. The van der Waals surface area contributed by atoms with E-state index in [9.17, 15) is 9.90 Å². The molecule has 1 aromatic heterocycles. The highest BCUT2D eigenvalue weighted by molar-refractivity contribution is 14.1. The summed E-state index contributed by atoms with van der Waals surface area (Å²) in [6, 6.07) is -0.115. The van der Waals surface area contributed by atoms with Crippen molar-refractivity contribution < 1.29 is 10.2 Å². The molecular weight excluding hydrogens is 337 g/mol. The van der Waals surface area contributed by atoms with Crippen LogP contribution in [-0.4, -0.2) is 32.5 Å². The topological polar surface area (TPSA) is 101 Å². The first-order valence-corrected chi connectivity index (χ1v) is 6.44. The van der Waals surface area contributed by atoms with Crippen LogP contribution in [0, 0.1) is 9.49 Å². The molecular formula is C10H14IN3O3. The van der Waals surface area contributed by atoms with Gasteiger partial charge in [0, 0.05) is 24.8 Å². The van der Waals surface area contributed by atoms with Crippen LogP contribution in [0.1, 0.15) is 18.9 Å². The van der Waals surface area contributed by atoms with Gasteiger partial charge in [-0.1, -0.05) is 0 Å². The van der Waals surface area contributed by atoms with Crippen molar-refractivity contribution in [3.05, 3.63) is 20.3 Å². The number of halogens is 1. The van der Waals surface area contributed by atoms with E-state index in [1.165, 1.54) is 4.57 Å². The summed E-state index contributed by atoms with van der Waals surface area (Å²) in [5.74, 6) is 0.0613. The maximum absolute atomic E-state index is 11.7. The predicted molar refractivity (Wildman–Crippen MR) is 70.5 cm³/mol. The Balaban J connectivity index is 2.30. The first-order valence-electron chi connectivity index (χ1n) is 5.36. The second-order valence-electron chi connectivity index (χ2n) is 4.30. The Morgan fingerprint density at radius 1 is 1.59 bits per heavy atom. The number of aromatic nitrogens is 2. The highest BCUT2D eigenvalue weighted by atomic mass is 127. The lowest BCUT2D eigenvalue weighted by atomic mass is 10.1. The van der Waals surface area contributed by atoms with Gasteiger partial charge in [0.2, 0.25) is 0 Å². The number of hydrogen-bond acceptors (Lipinski definition) is 5. The van der Waals surface area contributed by atoms with Crippen LogP contribution in [0.3, 0.4) is 0 Å². The van der Waals surface area contributed by atoms with Gasteiger partial charge in [0.25, 0.3) is 0 Å². The largest absolute Gasteiger partial charge is 0.396 e. The smallest absolute Gasteiger partial charge is 0.349 e. The average molecular weight is 351 g/mol. The van der Waals surface area contributed by atoms with E-state index in [4.69, 9.17) is 10.8 Å². The fourth-order valence-electron chi connectivity index (χ4n) is 2.22. The minimum Gasteiger partial charge on any atom is -0.396 e. The molecule has 3 atom stereocenters. The fraction of sp³-hybridized carbons (Fsp3) is 0.600. The molecule has 0 spiro atoms. The number of hydrogen-bond donors (Lipinski definition) is 3. The van der Waals surface area contributed by atoms with Crippen LogP contribution in [0.2, 0.25) is 0 Å². The van der Waals surface area contributed by atoms with E-state index < -0.39 is 11.8 Å². The third kappa shape index (κ3) is 2.45. The molecule has 0 radical (unpaired) electrons. The number of nitrogen functional groups attached to an aromatic ring is 1. The molecule has 1 saturated carbocycles. The van der Waals surface area contributed by atoms with Crippen molar-refractivity contribution in [3.63, 3.8) is 0 Å². The van der Waals surface area contributed by atoms with Gasteiger partial charge in [-0.25, -0.2) is 4.79 Å². The van der Waals surface area contributed by atoms with Gasteiger partial charge in [-0.05, 0) is 35.4 Å². The lowest BCUT2D eigenvalue weighted by Gasteiger charge is -2.13. The molecule has 2 rings (SSSR count). The quantitative estimate of drug-likeness (QED) is 0.637. The number of anilines is 1. The molecule has 1 aliphatic rings. The summed E-state index contributed by atoms with van der Waals surface area (Å²) in [6.07, 6.45) is 2.14. The van der Waals surface area contributed by atoms with Gasteiger partial charge < -0.3 is 15.9 Å². The van der Waals surface area contributed by atoms with Gasteiger partial charge in [0.1, 0.15) is 5.82 Å². The molecule has 94 valence electrons. The van der Waals surface area contributed by atoms with E-state index in [0.29, 0.717) is 16.4 Å². The molecule has 0 aromatic carbocycles. The van der Waals surface area contributed by atoms with Crippen molar-refractivity contribution in [2.24, 2.45) is 5.92 Å². The van der Waals surface area contributed by atoms with Crippen LogP contribution in [-0.2, 0) is 0 Å². The van der Waals surface area contributed by atoms with Crippen LogP contribution < -0.4 is 11.4 Å². The summed E-state index contributed by atoms with van der Waals surface area (Å²) in [7, 11) is 0. The van der Waals surface area contributed by atoms with E-state index in [-0.39, 0.29) is 24.4 Å². The molecule has 4 N–H and O–H groups in total. The van der Waals surface area contributed by atoms with Crippen LogP contribution in [0.15, 0.2) is 11.0 Å². The van der Waals surface area contributed by atoms with E-state index in [0.717, 1.165) is 0 Å². The summed E-state index contributed by atoms with van der Waals surface area (Å²) in [4.78, 5) is 15.4. The molecule has 0 aliphatic heterocycles.